The number of fused-ring (bicyclic) bond motifs is 1. The molecule has 0 fully saturated rings. The van der Waals surface area contributed by atoms with E-state index in [1.54, 1.807) is 7.11 Å². The second-order valence-electron chi connectivity index (χ2n) is 3.94. The van der Waals surface area contributed by atoms with Crippen LogP contribution in [0.25, 0.3) is 0 Å². The summed E-state index contributed by atoms with van der Waals surface area (Å²) in [5.41, 5.74) is 4.10. The Hall–Kier alpha value is -1.02. The maximum absolute atomic E-state index is 5.17. The number of anilines is 1. The molecule has 1 heterocycles. The molecule has 0 amide bonds. The zero-order chi connectivity index (χ0) is 9.97. The highest BCUT2D eigenvalue weighted by atomic mass is 16.5. The number of nitrogens with one attached hydrogen (secondary N) is 1. The van der Waals surface area contributed by atoms with E-state index in [4.69, 9.17) is 4.74 Å². The molecule has 0 bridgehead atoms. The Morgan fingerprint density at radius 2 is 2.36 bits per heavy atom. The van der Waals surface area contributed by atoms with Gasteiger partial charge < -0.3 is 10.1 Å². The van der Waals surface area contributed by atoms with Crippen molar-refractivity contribution in [2.24, 2.45) is 0 Å². The van der Waals surface area contributed by atoms with Gasteiger partial charge in [-0.3, -0.25) is 0 Å². The number of hydrogen-bond donors (Lipinski definition) is 1. The monoisotopic (exact) mass is 191 g/mol. The summed E-state index contributed by atoms with van der Waals surface area (Å²) in [6.07, 6.45) is 2.34. The van der Waals surface area contributed by atoms with Crippen LogP contribution in [0, 0.1) is 6.92 Å². The van der Waals surface area contributed by atoms with Crippen LogP contribution >= 0.6 is 0 Å². The van der Waals surface area contributed by atoms with Gasteiger partial charge in [-0.05, 0) is 30.9 Å². The lowest BCUT2D eigenvalue weighted by Crippen LogP contribution is -2.30. The van der Waals surface area contributed by atoms with Crippen molar-refractivity contribution in [1.82, 2.24) is 0 Å². The highest BCUT2D eigenvalue weighted by Gasteiger charge is 2.18. The van der Waals surface area contributed by atoms with Crippen molar-refractivity contribution in [3.8, 4) is 0 Å². The van der Waals surface area contributed by atoms with Crippen LogP contribution in [0.15, 0.2) is 18.2 Å². The number of methoxy groups -OCH3 is 1. The van der Waals surface area contributed by atoms with E-state index in [2.05, 4.69) is 30.4 Å². The molecule has 1 aromatic carbocycles. The molecule has 1 aliphatic rings. The summed E-state index contributed by atoms with van der Waals surface area (Å²) in [5.74, 6) is 0. The lowest BCUT2D eigenvalue weighted by molar-refractivity contribution is 0.182. The molecule has 14 heavy (non-hydrogen) atoms. The minimum Gasteiger partial charge on any atom is -0.383 e. The number of para-hydroxylation sites is 1. The Kier molecular flexibility index (Phi) is 2.73. The summed E-state index contributed by atoms with van der Waals surface area (Å²) in [5, 5.41) is 3.54. The SMILES string of the molecule is COCC1CCc2cccc(C)c2N1. The van der Waals surface area contributed by atoms with E-state index in [0.29, 0.717) is 6.04 Å². The third kappa shape index (κ3) is 1.75. The maximum Gasteiger partial charge on any atom is 0.0664 e. The normalized spacial score (nSPS) is 20.0. The van der Waals surface area contributed by atoms with Crippen LogP contribution < -0.4 is 5.32 Å². The lowest BCUT2D eigenvalue weighted by Gasteiger charge is -2.27. The van der Waals surface area contributed by atoms with Gasteiger partial charge in [0.15, 0.2) is 0 Å². The Morgan fingerprint density at radius 3 is 3.14 bits per heavy atom. The van der Waals surface area contributed by atoms with Gasteiger partial charge in [0, 0.05) is 18.8 Å². The molecular weight excluding hydrogens is 174 g/mol. The first-order valence-electron chi connectivity index (χ1n) is 5.15. The van der Waals surface area contributed by atoms with Crippen LogP contribution in [-0.2, 0) is 11.2 Å². The number of rotatable bonds is 2. The predicted molar refractivity (Wildman–Crippen MR) is 58.8 cm³/mol. The summed E-state index contributed by atoms with van der Waals surface area (Å²) < 4.78 is 5.17. The fraction of sp³-hybridized carbons (Fsp3) is 0.500. The van der Waals surface area contributed by atoms with Crippen molar-refractivity contribution >= 4 is 5.69 Å². The van der Waals surface area contributed by atoms with Gasteiger partial charge in [0.25, 0.3) is 0 Å². The first kappa shape index (κ1) is 9.53. The van der Waals surface area contributed by atoms with Gasteiger partial charge in [-0.2, -0.15) is 0 Å². The van der Waals surface area contributed by atoms with Gasteiger partial charge in [-0.1, -0.05) is 18.2 Å². The van der Waals surface area contributed by atoms with E-state index in [1.165, 1.54) is 23.2 Å². The number of aryl methyl sites for hydroxylation is 2. The highest BCUT2D eigenvalue weighted by Crippen LogP contribution is 2.27. The largest absolute Gasteiger partial charge is 0.383 e. The zero-order valence-electron chi connectivity index (χ0n) is 8.84. The van der Waals surface area contributed by atoms with Crippen LogP contribution in [0.1, 0.15) is 17.5 Å². The van der Waals surface area contributed by atoms with E-state index in [-0.39, 0.29) is 0 Å². The molecular formula is C12H17NO. The summed E-state index contributed by atoms with van der Waals surface area (Å²) in [7, 11) is 1.76. The van der Waals surface area contributed by atoms with Crippen molar-refractivity contribution < 1.29 is 4.74 Å². The summed E-state index contributed by atoms with van der Waals surface area (Å²) >= 11 is 0. The smallest absolute Gasteiger partial charge is 0.0664 e. The molecule has 1 unspecified atom stereocenters. The minimum absolute atomic E-state index is 0.480. The van der Waals surface area contributed by atoms with Crippen molar-refractivity contribution in [2.45, 2.75) is 25.8 Å². The first-order valence-corrected chi connectivity index (χ1v) is 5.15. The fourth-order valence-corrected chi connectivity index (χ4v) is 2.08. The molecule has 0 radical (unpaired) electrons. The number of benzene rings is 1. The summed E-state index contributed by atoms with van der Waals surface area (Å²) in [4.78, 5) is 0. The van der Waals surface area contributed by atoms with Gasteiger partial charge >= 0.3 is 0 Å². The van der Waals surface area contributed by atoms with E-state index < -0.39 is 0 Å². The molecule has 2 heteroatoms. The second kappa shape index (κ2) is 4.01. The van der Waals surface area contributed by atoms with Gasteiger partial charge in [-0.15, -0.1) is 0 Å². The van der Waals surface area contributed by atoms with Crippen molar-refractivity contribution in [1.29, 1.82) is 0 Å². The average Bonchev–Trinajstić information content (AvgIpc) is 2.20. The Bertz CT molecular complexity index is 322. The van der Waals surface area contributed by atoms with Gasteiger partial charge in [0.2, 0.25) is 0 Å². The quantitative estimate of drug-likeness (QED) is 0.775. The van der Waals surface area contributed by atoms with E-state index in [0.717, 1.165) is 13.0 Å². The minimum atomic E-state index is 0.480. The molecule has 0 saturated carbocycles. The molecule has 0 aromatic heterocycles. The average molecular weight is 191 g/mol. The molecule has 2 rings (SSSR count). The number of hydrogen-bond acceptors (Lipinski definition) is 2. The van der Waals surface area contributed by atoms with Gasteiger partial charge in [-0.25, -0.2) is 0 Å². The molecule has 0 spiro atoms. The Labute approximate surface area is 85.3 Å². The first-order chi connectivity index (χ1) is 6.81. The van der Waals surface area contributed by atoms with Crippen LogP contribution in [0.4, 0.5) is 5.69 Å². The zero-order valence-corrected chi connectivity index (χ0v) is 8.84. The van der Waals surface area contributed by atoms with Crippen LogP contribution in [0.5, 0.6) is 0 Å². The summed E-state index contributed by atoms with van der Waals surface area (Å²) in [6, 6.07) is 6.97. The fourth-order valence-electron chi connectivity index (χ4n) is 2.08. The van der Waals surface area contributed by atoms with Crippen LogP contribution in [0.3, 0.4) is 0 Å². The molecule has 76 valence electrons. The van der Waals surface area contributed by atoms with Gasteiger partial charge in [0.05, 0.1) is 6.61 Å². The Balaban J connectivity index is 2.20. The molecule has 1 aliphatic heterocycles. The van der Waals surface area contributed by atoms with Crippen molar-refractivity contribution in [2.75, 3.05) is 19.0 Å². The third-order valence-electron chi connectivity index (χ3n) is 2.84. The highest BCUT2D eigenvalue weighted by molar-refractivity contribution is 5.59. The number of ether oxygens (including phenoxy) is 1. The molecule has 1 atom stereocenters. The standard InChI is InChI=1S/C12H17NO/c1-9-4-3-5-10-6-7-11(8-14-2)13-12(9)10/h3-5,11,13H,6-8H2,1-2H3. The van der Waals surface area contributed by atoms with Crippen LogP contribution in [0.2, 0.25) is 0 Å². The van der Waals surface area contributed by atoms with E-state index >= 15 is 0 Å². The maximum atomic E-state index is 5.17. The molecule has 0 saturated heterocycles. The van der Waals surface area contributed by atoms with E-state index in [1.807, 2.05) is 0 Å². The van der Waals surface area contributed by atoms with Crippen LogP contribution in [-0.4, -0.2) is 19.8 Å². The Morgan fingerprint density at radius 1 is 1.50 bits per heavy atom. The van der Waals surface area contributed by atoms with Crippen molar-refractivity contribution in [3.05, 3.63) is 29.3 Å². The van der Waals surface area contributed by atoms with Gasteiger partial charge in [0.1, 0.15) is 0 Å². The second-order valence-corrected chi connectivity index (χ2v) is 3.94. The van der Waals surface area contributed by atoms with Crippen molar-refractivity contribution in [3.63, 3.8) is 0 Å². The molecule has 0 aliphatic carbocycles. The molecule has 1 N–H and O–H groups in total. The molecule has 2 nitrogen and oxygen atoms in total. The topological polar surface area (TPSA) is 21.3 Å². The lowest BCUT2D eigenvalue weighted by atomic mass is 9.96. The van der Waals surface area contributed by atoms with E-state index in [9.17, 15) is 0 Å². The third-order valence-corrected chi connectivity index (χ3v) is 2.84. The molecule has 1 aromatic rings. The summed E-state index contributed by atoms with van der Waals surface area (Å²) in [6.45, 7) is 2.95. The predicted octanol–water partition coefficient (Wildman–Crippen LogP) is 2.37.